The molecule has 0 amide bonds. The molecule has 3 atom stereocenters. The van der Waals surface area contributed by atoms with Crippen LogP contribution in [0.25, 0.3) is 0 Å². The van der Waals surface area contributed by atoms with Crippen LogP contribution in [0, 0.1) is 0 Å². The summed E-state index contributed by atoms with van der Waals surface area (Å²) in [5.74, 6) is 0. The zero-order chi connectivity index (χ0) is 13.4. The van der Waals surface area contributed by atoms with E-state index in [2.05, 4.69) is 17.1 Å². The molecule has 5 heteroatoms. The summed E-state index contributed by atoms with van der Waals surface area (Å²) in [7, 11) is 5.52. The van der Waals surface area contributed by atoms with E-state index in [1.165, 1.54) is 0 Å². The summed E-state index contributed by atoms with van der Waals surface area (Å²) in [4.78, 5) is 2.44. The maximum atomic E-state index is 5.64. The van der Waals surface area contributed by atoms with Gasteiger partial charge in [0.1, 0.15) is 0 Å². The highest BCUT2D eigenvalue weighted by atomic mass is 16.5. The monoisotopic (exact) mass is 260 g/mol. The van der Waals surface area contributed by atoms with Crippen LogP contribution in [-0.4, -0.2) is 77.3 Å². The highest BCUT2D eigenvalue weighted by Crippen LogP contribution is 2.17. The summed E-state index contributed by atoms with van der Waals surface area (Å²) < 4.78 is 16.1. The maximum absolute atomic E-state index is 5.64. The molecule has 0 spiro atoms. The summed E-state index contributed by atoms with van der Waals surface area (Å²) in [5, 5.41) is 3.40. The van der Waals surface area contributed by atoms with Gasteiger partial charge in [-0.2, -0.15) is 0 Å². The number of ether oxygens (including phenoxy) is 3. The third kappa shape index (κ3) is 4.48. The molecule has 0 saturated carbocycles. The van der Waals surface area contributed by atoms with Crippen LogP contribution < -0.4 is 5.32 Å². The molecule has 1 saturated heterocycles. The molecular formula is C13H28N2O3. The lowest BCUT2D eigenvalue weighted by molar-refractivity contribution is -0.0357. The van der Waals surface area contributed by atoms with Crippen molar-refractivity contribution in [2.24, 2.45) is 0 Å². The van der Waals surface area contributed by atoms with E-state index in [1.807, 2.05) is 7.05 Å². The van der Waals surface area contributed by atoms with Crippen LogP contribution in [0.5, 0.6) is 0 Å². The molecule has 1 fully saturated rings. The Morgan fingerprint density at radius 1 is 1.39 bits per heavy atom. The molecule has 1 rings (SSSR count). The molecule has 0 aliphatic carbocycles. The van der Waals surface area contributed by atoms with Crippen molar-refractivity contribution in [2.75, 3.05) is 54.2 Å². The Hall–Kier alpha value is -0.200. The second-order valence-electron chi connectivity index (χ2n) is 4.86. The zero-order valence-electron chi connectivity index (χ0n) is 12.1. The largest absolute Gasteiger partial charge is 0.383 e. The predicted octanol–water partition coefficient (Wildman–Crippen LogP) is 0.347. The minimum atomic E-state index is 0.368. The highest BCUT2D eigenvalue weighted by Gasteiger charge is 2.32. The summed E-state index contributed by atoms with van der Waals surface area (Å²) in [6.45, 7) is 6.20. The summed E-state index contributed by atoms with van der Waals surface area (Å²) in [5.41, 5.74) is 0. The smallest absolute Gasteiger partial charge is 0.0637 e. The van der Waals surface area contributed by atoms with Gasteiger partial charge in [-0.1, -0.05) is 0 Å². The molecular weight excluding hydrogens is 232 g/mol. The van der Waals surface area contributed by atoms with Crippen molar-refractivity contribution in [3.05, 3.63) is 0 Å². The number of nitrogens with zero attached hydrogens (tertiary/aromatic N) is 1. The average Bonchev–Trinajstić information content (AvgIpc) is 2.40. The van der Waals surface area contributed by atoms with E-state index in [4.69, 9.17) is 14.2 Å². The minimum Gasteiger partial charge on any atom is -0.383 e. The van der Waals surface area contributed by atoms with E-state index < -0.39 is 0 Å². The minimum absolute atomic E-state index is 0.368. The second-order valence-corrected chi connectivity index (χ2v) is 4.86. The van der Waals surface area contributed by atoms with E-state index in [9.17, 15) is 0 Å². The van der Waals surface area contributed by atoms with Gasteiger partial charge in [-0.25, -0.2) is 0 Å². The number of methoxy groups -OCH3 is 2. The molecule has 18 heavy (non-hydrogen) atoms. The molecule has 5 nitrogen and oxygen atoms in total. The molecule has 0 aromatic heterocycles. The van der Waals surface area contributed by atoms with Crippen molar-refractivity contribution in [3.63, 3.8) is 0 Å². The molecule has 1 aliphatic heterocycles. The van der Waals surface area contributed by atoms with Gasteiger partial charge in [-0.3, -0.25) is 4.90 Å². The Kier molecular flexibility index (Phi) is 7.77. The molecule has 3 unspecified atom stereocenters. The van der Waals surface area contributed by atoms with Gasteiger partial charge < -0.3 is 19.5 Å². The standard InChI is InChI=1S/C13H28N2O3/c1-11(9-17-4)15(6-8-16-3)13-10-18-7-5-12(13)14-2/h11-14H,5-10H2,1-4H3. The van der Waals surface area contributed by atoms with Crippen LogP contribution in [-0.2, 0) is 14.2 Å². The Bertz CT molecular complexity index is 216. The lowest BCUT2D eigenvalue weighted by Crippen LogP contribution is -2.58. The molecule has 0 aromatic rings. The van der Waals surface area contributed by atoms with Crippen molar-refractivity contribution in [3.8, 4) is 0 Å². The number of hydrogen-bond acceptors (Lipinski definition) is 5. The van der Waals surface area contributed by atoms with Crippen LogP contribution in [0.1, 0.15) is 13.3 Å². The fourth-order valence-corrected chi connectivity index (χ4v) is 2.63. The topological polar surface area (TPSA) is 43.0 Å². The van der Waals surface area contributed by atoms with E-state index in [0.29, 0.717) is 18.1 Å². The van der Waals surface area contributed by atoms with Crippen LogP contribution in [0.4, 0.5) is 0 Å². The SMILES string of the molecule is CNC1CCOCC1N(CCOC)C(C)COC. The van der Waals surface area contributed by atoms with Crippen LogP contribution >= 0.6 is 0 Å². The van der Waals surface area contributed by atoms with Gasteiger partial charge in [-0.05, 0) is 20.4 Å². The Morgan fingerprint density at radius 3 is 2.78 bits per heavy atom. The van der Waals surface area contributed by atoms with Crippen LogP contribution in [0.15, 0.2) is 0 Å². The number of hydrogen-bond donors (Lipinski definition) is 1. The first-order valence-corrected chi connectivity index (χ1v) is 6.73. The Labute approximate surface area is 111 Å². The third-order valence-corrected chi connectivity index (χ3v) is 3.65. The summed E-state index contributed by atoms with van der Waals surface area (Å²) in [6, 6.07) is 1.24. The van der Waals surface area contributed by atoms with E-state index in [-0.39, 0.29) is 0 Å². The maximum Gasteiger partial charge on any atom is 0.0637 e. The number of likely N-dealkylation sites (N-methyl/N-ethyl adjacent to an activating group) is 1. The quantitative estimate of drug-likeness (QED) is 0.682. The lowest BCUT2D eigenvalue weighted by Gasteiger charge is -2.42. The van der Waals surface area contributed by atoms with E-state index >= 15 is 0 Å². The van der Waals surface area contributed by atoms with Gasteiger partial charge in [-0.15, -0.1) is 0 Å². The summed E-state index contributed by atoms with van der Waals surface area (Å²) in [6.07, 6.45) is 1.06. The normalized spacial score (nSPS) is 26.5. The number of rotatable bonds is 8. The Balaban J connectivity index is 2.65. The fraction of sp³-hybridized carbons (Fsp3) is 1.00. The van der Waals surface area contributed by atoms with Crippen molar-refractivity contribution in [2.45, 2.75) is 31.5 Å². The van der Waals surface area contributed by atoms with Crippen LogP contribution in [0.2, 0.25) is 0 Å². The van der Waals surface area contributed by atoms with Crippen molar-refractivity contribution in [1.82, 2.24) is 10.2 Å². The average molecular weight is 260 g/mol. The number of nitrogens with one attached hydrogen (secondary N) is 1. The molecule has 108 valence electrons. The molecule has 0 radical (unpaired) electrons. The van der Waals surface area contributed by atoms with Gasteiger partial charge in [0.2, 0.25) is 0 Å². The predicted molar refractivity (Wildman–Crippen MR) is 72.0 cm³/mol. The van der Waals surface area contributed by atoms with Gasteiger partial charge >= 0.3 is 0 Å². The van der Waals surface area contributed by atoms with E-state index in [1.54, 1.807) is 14.2 Å². The Morgan fingerprint density at radius 2 is 2.17 bits per heavy atom. The molecule has 0 aromatic carbocycles. The van der Waals surface area contributed by atoms with Gasteiger partial charge in [0.15, 0.2) is 0 Å². The lowest BCUT2D eigenvalue weighted by atomic mass is 10.0. The van der Waals surface area contributed by atoms with Crippen LogP contribution in [0.3, 0.4) is 0 Å². The molecule has 1 heterocycles. The zero-order valence-corrected chi connectivity index (χ0v) is 12.1. The molecule has 0 bridgehead atoms. The first-order valence-electron chi connectivity index (χ1n) is 6.73. The van der Waals surface area contributed by atoms with E-state index in [0.717, 1.165) is 39.4 Å². The van der Waals surface area contributed by atoms with Gasteiger partial charge in [0, 0.05) is 45.5 Å². The van der Waals surface area contributed by atoms with Crippen molar-refractivity contribution < 1.29 is 14.2 Å². The highest BCUT2D eigenvalue weighted by molar-refractivity contribution is 4.88. The van der Waals surface area contributed by atoms with Gasteiger partial charge in [0.25, 0.3) is 0 Å². The molecule has 1 aliphatic rings. The molecule has 1 N–H and O–H groups in total. The fourth-order valence-electron chi connectivity index (χ4n) is 2.63. The van der Waals surface area contributed by atoms with Crippen molar-refractivity contribution >= 4 is 0 Å². The van der Waals surface area contributed by atoms with Crippen molar-refractivity contribution in [1.29, 1.82) is 0 Å². The first kappa shape index (κ1) is 15.9. The summed E-state index contributed by atoms with van der Waals surface area (Å²) >= 11 is 0. The second kappa shape index (κ2) is 8.82. The third-order valence-electron chi connectivity index (χ3n) is 3.65. The van der Waals surface area contributed by atoms with Gasteiger partial charge in [0.05, 0.1) is 19.8 Å². The first-order chi connectivity index (χ1) is 8.74.